The number of methoxy groups -OCH3 is 1. The van der Waals surface area contributed by atoms with Crippen molar-refractivity contribution in [3.63, 3.8) is 0 Å². The van der Waals surface area contributed by atoms with Gasteiger partial charge in [-0.3, -0.25) is 0 Å². The highest BCUT2D eigenvalue weighted by atomic mass is 79.9. The molecule has 166 valence electrons. The van der Waals surface area contributed by atoms with Gasteiger partial charge in [-0.2, -0.15) is 0 Å². The first-order valence-electron chi connectivity index (χ1n) is 9.80. The van der Waals surface area contributed by atoms with Gasteiger partial charge in [-0.25, -0.2) is 14.6 Å². The van der Waals surface area contributed by atoms with E-state index < -0.39 is 11.9 Å². The lowest BCUT2D eigenvalue weighted by Crippen LogP contribution is -2.11. The summed E-state index contributed by atoms with van der Waals surface area (Å²) in [4.78, 5) is 29.3. The molecule has 0 bridgehead atoms. The molecule has 0 amide bonds. The number of aliphatic imine (C=N–C) groups is 1. The van der Waals surface area contributed by atoms with Crippen molar-refractivity contribution in [1.82, 2.24) is 0 Å². The number of hydrogen-bond acceptors (Lipinski definition) is 6. The predicted molar refractivity (Wildman–Crippen MR) is 129 cm³/mol. The summed E-state index contributed by atoms with van der Waals surface area (Å²) in [6.45, 7) is 1.81. The second-order valence-corrected chi connectivity index (χ2v) is 8.32. The summed E-state index contributed by atoms with van der Waals surface area (Å²) in [6, 6.07) is 17.5. The standard InChI is InChI=1S/C25H17BrClNO5/c1-14-7-3-4-8-16(14)24(29)32-22-19(27)11-15(13-21(22)31-2)12-20-25(30)33-23(28-20)17-9-5-6-10-18(17)26/h3-13H,1-2H3/b20-12-. The van der Waals surface area contributed by atoms with Crippen LogP contribution in [-0.2, 0) is 9.53 Å². The Morgan fingerprint density at radius 2 is 1.85 bits per heavy atom. The maximum absolute atomic E-state index is 12.6. The van der Waals surface area contributed by atoms with Gasteiger partial charge < -0.3 is 14.2 Å². The van der Waals surface area contributed by atoms with Crippen molar-refractivity contribution < 1.29 is 23.8 Å². The lowest BCUT2D eigenvalue weighted by atomic mass is 10.1. The summed E-state index contributed by atoms with van der Waals surface area (Å²) >= 11 is 9.83. The lowest BCUT2D eigenvalue weighted by Gasteiger charge is -2.13. The normalized spacial score (nSPS) is 14.1. The van der Waals surface area contributed by atoms with Crippen molar-refractivity contribution in [1.29, 1.82) is 0 Å². The monoisotopic (exact) mass is 525 g/mol. The minimum atomic E-state index is -0.592. The molecule has 3 aromatic carbocycles. The van der Waals surface area contributed by atoms with Gasteiger partial charge in [0.25, 0.3) is 0 Å². The van der Waals surface area contributed by atoms with E-state index in [4.69, 9.17) is 25.8 Å². The van der Waals surface area contributed by atoms with Crippen molar-refractivity contribution >= 4 is 51.4 Å². The van der Waals surface area contributed by atoms with Gasteiger partial charge in [0.15, 0.2) is 17.2 Å². The van der Waals surface area contributed by atoms with E-state index in [0.717, 1.165) is 10.0 Å². The molecule has 0 unspecified atom stereocenters. The Kier molecular flexibility index (Phi) is 6.62. The summed E-state index contributed by atoms with van der Waals surface area (Å²) in [7, 11) is 1.43. The molecule has 0 spiro atoms. The van der Waals surface area contributed by atoms with Gasteiger partial charge in [-0.15, -0.1) is 0 Å². The number of cyclic esters (lactones) is 1. The number of aryl methyl sites for hydroxylation is 1. The molecule has 0 aromatic heterocycles. The first-order chi connectivity index (χ1) is 15.9. The Balaban J connectivity index is 1.65. The van der Waals surface area contributed by atoms with Gasteiger partial charge in [0.1, 0.15) is 0 Å². The van der Waals surface area contributed by atoms with E-state index in [1.165, 1.54) is 13.2 Å². The van der Waals surface area contributed by atoms with Crippen LogP contribution in [0.3, 0.4) is 0 Å². The predicted octanol–water partition coefficient (Wildman–Crippen LogP) is 5.98. The molecule has 33 heavy (non-hydrogen) atoms. The van der Waals surface area contributed by atoms with Crippen molar-refractivity contribution in [3.05, 3.63) is 98.1 Å². The van der Waals surface area contributed by atoms with E-state index in [0.29, 0.717) is 16.7 Å². The van der Waals surface area contributed by atoms with Crippen LogP contribution in [0.5, 0.6) is 11.5 Å². The molecule has 4 rings (SSSR count). The van der Waals surface area contributed by atoms with Crippen molar-refractivity contribution in [2.24, 2.45) is 4.99 Å². The smallest absolute Gasteiger partial charge is 0.363 e. The van der Waals surface area contributed by atoms with Crippen LogP contribution >= 0.6 is 27.5 Å². The molecule has 3 aromatic rings. The third kappa shape index (κ3) is 4.84. The number of ether oxygens (including phenoxy) is 3. The summed E-state index contributed by atoms with van der Waals surface area (Å²) in [5, 5.41) is 0.143. The zero-order valence-corrected chi connectivity index (χ0v) is 19.9. The highest BCUT2D eigenvalue weighted by molar-refractivity contribution is 9.10. The molecule has 8 heteroatoms. The number of hydrogen-bond donors (Lipinski definition) is 0. The Labute approximate surface area is 203 Å². The van der Waals surface area contributed by atoms with Crippen LogP contribution in [0.25, 0.3) is 6.08 Å². The zero-order chi connectivity index (χ0) is 23.5. The van der Waals surface area contributed by atoms with E-state index >= 15 is 0 Å². The summed E-state index contributed by atoms with van der Waals surface area (Å²) in [5.74, 6) is -0.633. The molecule has 1 aliphatic heterocycles. The number of nitrogens with zero attached hydrogens (tertiary/aromatic N) is 1. The van der Waals surface area contributed by atoms with Crippen LogP contribution in [0.1, 0.15) is 27.0 Å². The summed E-state index contributed by atoms with van der Waals surface area (Å²) in [5.41, 5.74) is 2.48. The molecular formula is C25H17BrClNO5. The number of carbonyl (C=O) groups is 2. The van der Waals surface area contributed by atoms with E-state index in [1.807, 2.05) is 37.3 Å². The molecule has 1 heterocycles. The second-order valence-electron chi connectivity index (χ2n) is 7.05. The Bertz CT molecular complexity index is 1330. The molecule has 0 N–H and O–H groups in total. The molecule has 0 radical (unpaired) electrons. The van der Waals surface area contributed by atoms with Crippen molar-refractivity contribution in [2.45, 2.75) is 6.92 Å². The van der Waals surface area contributed by atoms with Gasteiger partial charge in [0, 0.05) is 4.47 Å². The minimum Gasteiger partial charge on any atom is -0.493 e. The van der Waals surface area contributed by atoms with E-state index in [9.17, 15) is 9.59 Å². The summed E-state index contributed by atoms with van der Waals surface area (Å²) in [6.07, 6.45) is 1.52. The van der Waals surface area contributed by atoms with E-state index in [1.54, 1.807) is 30.3 Å². The highest BCUT2D eigenvalue weighted by Crippen LogP contribution is 2.38. The topological polar surface area (TPSA) is 74.2 Å². The fourth-order valence-corrected chi connectivity index (χ4v) is 3.90. The molecule has 0 aliphatic carbocycles. The first kappa shape index (κ1) is 22.8. The van der Waals surface area contributed by atoms with Crippen LogP contribution in [-0.4, -0.2) is 24.9 Å². The van der Waals surface area contributed by atoms with Gasteiger partial charge in [-0.05, 0) is 70.4 Å². The quantitative estimate of drug-likeness (QED) is 0.232. The average Bonchev–Trinajstić information content (AvgIpc) is 3.15. The number of esters is 2. The molecule has 0 saturated heterocycles. The van der Waals surface area contributed by atoms with E-state index in [-0.39, 0.29) is 28.1 Å². The second kappa shape index (κ2) is 9.60. The molecule has 0 atom stereocenters. The maximum atomic E-state index is 12.6. The van der Waals surface area contributed by atoms with Crippen molar-refractivity contribution in [3.8, 4) is 11.5 Å². The average molecular weight is 527 g/mol. The number of halogens is 2. The maximum Gasteiger partial charge on any atom is 0.363 e. The number of carbonyl (C=O) groups excluding carboxylic acids is 2. The molecule has 6 nitrogen and oxygen atoms in total. The SMILES string of the molecule is COc1cc(/C=C2\N=C(c3ccccc3Br)OC2=O)cc(Cl)c1OC(=O)c1ccccc1C. The molecule has 0 fully saturated rings. The van der Waals surface area contributed by atoms with Crippen LogP contribution in [0, 0.1) is 6.92 Å². The fraction of sp³-hybridized carbons (Fsp3) is 0.0800. The van der Waals surface area contributed by atoms with Gasteiger partial charge in [-0.1, -0.05) is 41.9 Å². The molecule has 1 aliphatic rings. The highest BCUT2D eigenvalue weighted by Gasteiger charge is 2.26. The first-order valence-corrected chi connectivity index (χ1v) is 11.0. The third-order valence-corrected chi connectivity index (χ3v) is 5.81. The number of benzene rings is 3. The molecule has 0 saturated carbocycles. The zero-order valence-electron chi connectivity index (χ0n) is 17.6. The minimum absolute atomic E-state index is 0.0842. The Morgan fingerprint density at radius 1 is 1.12 bits per heavy atom. The summed E-state index contributed by atoms with van der Waals surface area (Å²) < 4.78 is 17.0. The Morgan fingerprint density at radius 3 is 2.58 bits per heavy atom. The molecular weight excluding hydrogens is 510 g/mol. The van der Waals surface area contributed by atoms with E-state index in [2.05, 4.69) is 20.9 Å². The van der Waals surface area contributed by atoms with Gasteiger partial charge in [0.2, 0.25) is 5.90 Å². The lowest BCUT2D eigenvalue weighted by molar-refractivity contribution is -0.129. The van der Waals surface area contributed by atoms with Crippen LogP contribution in [0.2, 0.25) is 5.02 Å². The van der Waals surface area contributed by atoms with Gasteiger partial charge in [0.05, 0.1) is 23.3 Å². The van der Waals surface area contributed by atoms with Crippen LogP contribution in [0.4, 0.5) is 0 Å². The van der Waals surface area contributed by atoms with Crippen LogP contribution < -0.4 is 9.47 Å². The van der Waals surface area contributed by atoms with Gasteiger partial charge >= 0.3 is 11.9 Å². The van der Waals surface area contributed by atoms with Crippen molar-refractivity contribution in [2.75, 3.05) is 7.11 Å². The number of rotatable bonds is 5. The fourth-order valence-electron chi connectivity index (χ4n) is 3.19. The third-order valence-electron chi connectivity index (χ3n) is 4.84. The Hall–Kier alpha value is -3.42. The largest absolute Gasteiger partial charge is 0.493 e. The van der Waals surface area contributed by atoms with Crippen LogP contribution in [0.15, 0.2) is 75.8 Å².